The summed E-state index contributed by atoms with van der Waals surface area (Å²) in [6.07, 6.45) is -0.619. The zero-order valence-electron chi connectivity index (χ0n) is 18.7. The number of hydrogen-bond donors (Lipinski definition) is 1. The Kier molecular flexibility index (Phi) is 6.27. The highest BCUT2D eigenvalue weighted by atomic mass is 35.5. The molecule has 36 heavy (non-hydrogen) atoms. The number of benzene rings is 3. The van der Waals surface area contributed by atoms with Crippen molar-refractivity contribution in [1.82, 2.24) is 15.2 Å². The Balaban J connectivity index is 1.32. The Morgan fingerprint density at radius 3 is 2.53 bits per heavy atom. The van der Waals surface area contributed by atoms with E-state index in [0.29, 0.717) is 44.0 Å². The fourth-order valence-corrected chi connectivity index (χ4v) is 5.05. The van der Waals surface area contributed by atoms with Crippen molar-refractivity contribution in [2.24, 2.45) is 0 Å². The highest BCUT2D eigenvalue weighted by Crippen LogP contribution is 2.40. The second kappa shape index (κ2) is 9.85. The first-order valence-corrected chi connectivity index (χ1v) is 12.9. The van der Waals surface area contributed by atoms with E-state index < -0.39 is 6.23 Å². The molecule has 1 aliphatic rings. The summed E-state index contributed by atoms with van der Waals surface area (Å²) in [7, 11) is 0. The number of para-hydroxylation sites is 1. The van der Waals surface area contributed by atoms with Gasteiger partial charge in [-0.1, -0.05) is 71.4 Å². The van der Waals surface area contributed by atoms with Crippen LogP contribution in [0.3, 0.4) is 0 Å². The molecule has 2 aromatic heterocycles. The molecule has 5 aromatic rings. The lowest BCUT2D eigenvalue weighted by atomic mass is 10.1. The Labute approximate surface area is 221 Å². The van der Waals surface area contributed by atoms with Gasteiger partial charge in [-0.15, -0.1) is 10.2 Å². The number of thioether (sulfide) groups is 1. The molecular formula is C27H18Cl2N4O2S. The quantitative estimate of drug-likeness (QED) is 0.230. The molecule has 0 amide bonds. The van der Waals surface area contributed by atoms with Crippen LogP contribution in [-0.2, 0) is 5.75 Å². The van der Waals surface area contributed by atoms with E-state index in [1.54, 1.807) is 0 Å². The maximum atomic E-state index is 6.33. The number of furan rings is 1. The molecule has 3 heterocycles. The largest absolute Gasteiger partial charge is 0.455 e. The Bertz CT molecular complexity index is 1540. The highest BCUT2D eigenvalue weighted by Gasteiger charge is 2.28. The molecule has 1 N–H and O–H groups in total. The minimum atomic E-state index is -0.619. The van der Waals surface area contributed by atoms with E-state index in [9.17, 15) is 0 Å². The molecule has 6 nitrogen and oxygen atoms in total. The summed E-state index contributed by atoms with van der Waals surface area (Å²) in [6, 6.07) is 26.8. The van der Waals surface area contributed by atoms with Crippen LogP contribution in [0.4, 0.5) is 5.69 Å². The average molecular weight is 533 g/mol. The first kappa shape index (κ1) is 22.9. The lowest BCUT2D eigenvalue weighted by molar-refractivity contribution is 0.196. The number of ether oxygens (including phenoxy) is 1. The summed E-state index contributed by atoms with van der Waals surface area (Å²) in [4.78, 5) is 4.70. The maximum Gasteiger partial charge on any atom is 0.247 e. The molecular weight excluding hydrogens is 515 g/mol. The molecule has 9 heteroatoms. The summed E-state index contributed by atoms with van der Waals surface area (Å²) in [6.45, 7) is 0. The third kappa shape index (κ3) is 4.65. The van der Waals surface area contributed by atoms with E-state index in [1.807, 2.05) is 84.9 Å². The van der Waals surface area contributed by atoms with Gasteiger partial charge in [0.2, 0.25) is 17.3 Å². The highest BCUT2D eigenvalue weighted by molar-refractivity contribution is 7.98. The van der Waals surface area contributed by atoms with E-state index >= 15 is 0 Å². The minimum Gasteiger partial charge on any atom is -0.455 e. The first-order valence-electron chi connectivity index (χ1n) is 11.1. The van der Waals surface area contributed by atoms with E-state index in [0.717, 1.165) is 22.4 Å². The van der Waals surface area contributed by atoms with Crippen molar-refractivity contribution in [3.05, 3.63) is 106 Å². The summed E-state index contributed by atoms with van der Waals surface area (Å²) in [5.74, 6) is 2.30. The van der Waals surface area contributed by atoms with Gasteiger partial charge in [0.15, 0.2) is 11.5 Å². The van der Waals surface area contributed by atoms with Crippen LogP contribution < -0.4 is 10.1 Å². The fraction of sp³-hybridized carbons (Fsp3) is 0.0741. The number of hydrogen-bond acceptors (Lipinski definition) is 7. The predicted molar refractivity (Wildman–Crippen MR) is 142 cm³/mol. The maximum absolute atomic E-state index is 6.33. The molecule has 0 fully saturated rings. The van der Waals surface area contributed by atoms with Gasteiger partial charge in [-0.2, -0.15) is 4.98 Å². The predicted octanol–water partition coefficient (Wildman–Crippen LogP) is 7.90. The van der Waals surface area contributed by atoms with Gasteiger partial charge in [0.25, 0.3) is 0 Å². The lowest BCUT2D eigenvalue weighted by Gasteiger charge is -2.16. The first-order chi connectivity index (χ1) is 17.6. The number of anilines is 1. The van der Waals surface area contributed by atoms with Gasteiger partial charge in [0.1, 0.15) is 5.76 Å². The molecule has 178 valence electrons. The second-order valence-corrected chi connectivity index (χ2v) is 9.81. The topological polar surface area (TPSA) is 73.1 Å². The van der Waals surface area contributed by atoms with Crippen LogP contribution in [0.5, 0.6) is 5.88 Å². The molecule has 0 saturated heterocycles. The van der Waals surface area contributed by atoms with E-state index in [2.05, 4.69) is 15.5 Å². The number of nitrogens with zero attached hydrogens (tertiary/aromatic N) is 3. The summed E-state index contributed by atoms with van der Waals surface area (Å²) in [5.41, 5.74) is 4.17. The van der Waals surface area contributed by atoms with E-state index in [1.165, 1.54) is 11.8 Å². The standard InChI is InChI=1S/C27H18Cl2N4O2S/c28-18-11-9-16(10-12-18)22-13-14-23(34-22)25-30-21-8-4-2-6-19(21)24-26(35-25)31-27(33-32-24)36-15-17-5-1-3-7-20(17)29/h1-14,25,30H,15H2/t25-/m0/s1. The van der Waals surface area contributed by atoms with Crippen LogP contribution in [-0.4, -0.2) is 15.2 Å². The Hall–Kier alpha value is -3.52. The van der Waals surface area contributed by atoms with Crippen LogP contribution >= 0.6 is 35.0 Å². The van der Waals surface area contributed by atoms with Crippen LogP contribution in [0.2, 0.25) is 10.0 Å². The van der Waals surface area contributed by atoms with Crippen molar-refractivity contribution in [3.8, 4) is 28.5 Å². The molecule has 1 aliphatic heterocycles. The van der Waals surface area contributed by atoms with Gasteiger partial charge in [0.05, 0.1) is 0 Å². The van der Waals surface area contributed by atoms with Gasteiger partial charge in [0, 0.05) is 32.6 Å². The number of aromatic nitrogens is 3. The van der Waals surface area contributed by atoms with Crippen molar-refractivity contribution < 1.29 is 9.15 Å². The molecule has 0 radical (unpaired) electrons. The van der Waals surface area contributed by atoms with Crippen LogP contribution in [0, 0.1) is 0 Å². The summed E-state index contributed by atoms with van der Waals surface area (Å²) < 4.78 is 12.5. The van der Waals surface area contributed by atoms with Gasteiger partial charge < -0.3 is 14.5 Å². The van der Waals surface area contributed by atoms with E-state index in [4.69, 9.17) is 37.3 Å². The van der Waals surface area contributed by atoms with Crippen molar-refractivity contribution >= 4 is 40.7 Å². The monoisotopic (exact) mass is 532 g/mol. The summed E-state index contributed by atoms with van der Waals surface area (Å²) >= 11 is 13.8. The Morgan fingerprint density at radius 1 is 0.861 bits per heavy atom. The third-order valence-electron chi connectivity index (χ3n) is 5.66. The molecule has 0 unspecified atom stereocenters. The minimum absolute atomic E-state index is 0.374. The Morgan fingerprint density at radius 2 is 1.67 bits per heavy atom. The zero-order valence-corrected chi connectivity index (χ0v) is 21.0. The number of rotatable bonds is 5. The second-order valence-electron chi connectivity index (χ2n) is 8.02. The lowest BCUT2D eigenvalue weighted by Crippen LogP contribution is -2.16. The molecule has 0 aliphatic carbocycles. The molecule has 0 spiro atoms. The summed E-state index contributed by atoms with van der Waals surface area (Å²) in [5, 5.41) is 14.1. The van der Waals surface area contributed by atoms with Gasteiger partial charge in [-0.25, -0.2) is 0 Å². The number of fused-ring (bicyclic) bond motifs is 3. The molecule has 0 saturated carbocycles. The zero-order chi connectivity index (χ0) is 24.5. The van der Waals surface area contributed by atoms with Gasteiger partial charge in [-0.3, -0.25) is 0 Å². The molecule has 1 atom stereocenters. The smallest absolute Gasteiger partial charge is 0.247 e. The number of nitrogens with one attached hydrogen (secondary N) is 1. The molecule has 3 aromatic carbocycles. The third-order valence-corrected chi connectivity index (χ3v) is 7.17. The van der Waals surface area contributed by atoms with Crippen molar-refractivity contribution in [2.45, 2.75) is 17.1 Å². The normalized spacial score (nSPS) is 14.2. The van der Waals surface area contributed by atoms with Crippen LogP contribution in [0.1, 0.15) is 17.6 Å². The van der Waals surface area contributed by atoms with Crippen molar-refractivity contribution in [1.29, 1.82) is 0 Å². The fourth-order valence-electron chi connectivity index (χ4n) is 3.86. The van der Waals surface area contributed by atoms with Gasteiger partial charge in [-0.05, 0) is 54.1 Å². The van der Waals surface area contributed by atoms with Crippen LogP contribution in [0.15, 0.2) is 94.5 Å². The molecule has 6 rings (SSSR count). The molecule has 0 bridgehead atoms. The average Bonchev–Trinajstić information content (AvgIpc) is 3.33. The number of halogens is 2. The van der Waals surface area contributed by atoms with Gasteiger partial charge >= 0.3 is 0 Å². The van der Waals surface area contributed by atoms with E-state index in [-0.39, 0.29) is 0 Å². The SMILES string of the molecule is Clc1ccc(-c2ccc([C@H]3Nc4ccccc4-c4nnc(SCc5ccccc5Cl)nc4O3)o2)cc1. The van der Waals surface area contributed by atoms with Crippen molar-refractivity contribution in [2.75, 3.05) is 5.32 Å². The van der Waals surface area contributed by atoms with Crippen LogP contribution in [0.25, 0.3) is 22.6 Å². The van der Waals surface area contributed by atoms with Crippen molar-refractivity contribution in [3.63, 3.8) is 0 Å².